The first-order valence-corrected chi connectivity index (χ1v) is 5.86. The number of carbonyl (C=O) groups excluding carboxylic acids is 1. The number of rotatable bonds is 4. The third kappa shape index (κ3) is 4.76. The largest absolute Gasteiger partial charge is 0.399 e. The SMILES string of the molecule is CC(C)CCN(C)C(=O)Nc1cccc(N)c1. The molecule has 4 heteroatoms. The molecule has 3 N–H and O–H groups in total. The topological polar surface area (TPSA) is 58.4 Å². The maximum absolute atomic E-state index is 11.8. The number of amides is 2. The summed E-state index contributed by atoms with van der Waals surface area (Å²) in [5.74, 6) is 0.595. The van der Waals surface area contributed by atoms with E-state index in [4.69, 9.17) is 5.73 Å². The van der Waals surface area contributed by atoms with Crippen LogP contribution in [0, 0.1) is 5.92 Å². The average molecular weight is 235 g/mol. The summed E-state index contributed by atoms with van der Waals surface area (Å²) in [5.41, 5.74) is 7.02. The molecular weight excluding hydrogens is 214 g/mol. The molecule has 2 amide bonds. The Kier molecular flexibility index (Phi) is 4.82. The number of urea groups is 1. The number of benzene rings is 1. The molecular formula is C13H21N3O. The first kappa shape index (κ1) is 13.4. The summed E-state index contributed by atoms with van der Waals surface area (Å²) >= 11 is 0. The summed E-state index contributed by atoms with van der Waals surface area (Å²) in [5, 5.41) is 2.81. The maximum Gasteiger partial charge on any atom is 0.321 e. The lowest BCUT2D eigenvalue weighted by molar-refractivity contribution is 0.220. The molecule has 0 aliphatic heterocycles. The summed E-state index contributed by atoms with van der Waals surface area (Å²) in [7, 11) is 1.80. The zero-order valence-electron chi connectivity index (χ0n) is 10.7. The summed E-state index contributed by atoms with van der Waals surface area (Å²) in [6.45, 7) is 5.04. The molecule has 1 rings (SSSR count). The Balaban J connectivity index is 2.48. The number of nitrogens with two attached hydrogens (primary N) is 1. The number of nitrogen functional groups attached to an aromatic ring is 1. The normalized spacial score (nSPS) is 10.4. The highest BCUT2D eigenvalue weighted by atomic mass is 16.2. The van der Waals surface area contributed by atoms with E-state index in [9.17, 15) is 4.79 Å². The van der Waals surface area contributed by atoms with E-state index in [-0.39, 0.29) is 6.03 Å². The van der Waals surface area contributed by atoms with Crippen LogP contribution in [0.3, 0.4) is 0 Å². The van der Waals surface area contributed by atoms with E-state index in [1.165, 1.54) is 0 Å². The third-order valence-corrected chi connectivity index (χ3v) is 2.53. The van der Waals surface area contributed by atoms with Crippen LogP contribution in [-0.4, -0.2) is 24.5 Å². The van der Waals surface area contributed by atoms with Crippen molar-refractivity contribution in [2.45, 2.75) is 20.3 Å². The van der Waals surface area contributed by atoms with Gasteiger partial charge in [0.05, 0.1) is 0 Å². The summed E-state index contributed by atoms with van der Waals surface area (Å²) in [6, 6.07) is 7.08. The third-order valence-electron chi connectivity index (χ3n) is 2.53. The predicted molar refractivity (Wildman–Crippen MR) is 72.0 cm³/mol. The minimum Gasteiger partial charge on any atom is -0.399 e. The van der Waals surface area contributed by atoms with Crippen molar-refractivity contribution in [2.24, 2.45) is 5.92 Å². The van der Waals surface area contributed by atoms with Crippen molar-refractivity contribution in [2.75, 3.05) is 24.6 Å². The molecule has 0 aliphatic carbocycles. The van der Waals surface area contributed by atoms with E-state index in [0.29, 0.717) is 11.6 Å². The van der Waals surface area contributed by atoms with Crippen molar-refractivity contribution in [3.63, 3.8) is 0 Å². The summed E-state index contributed by atoms with van der Waals surface area (Å²) < 4.78 is 0. The fraction of sp³-hybridized carbons (Fsp3) is 0.462. The Morgan fingerprint density at radius 1 is 1.47 bits per heavy atom. The highest BCUT2D eigenvalue weighted by Gasteiger charge is 2.09. The first-order valence-electron chi connectivity index (χ1n) is 5.86. The molecule has 4 nitrogen and oxygen atoms in total. The lowest BCUT2D eigenvalue weighted by Crippen LogP contribution is -2.32. The summed E-state index contributed by atoms with van der Waals surface area (Å²) in [4.78, 5) is 13.5. The van der Waals surface area contributed by atoms with E-state index in [1.54, 1.807) is 24.1 Å². The van der Waals surface area contributed by atoms with Crippen LogP contribution in [0.2, 0.25) is 0 Å². The van der Waals surface area contributed by atoms with Gasteiger partial charge in [0.1, 0.15) is 0 Å². The van der Waals surface area contributed by atoms with Crippen LogP contribution in [0.1, 0.15) is 20.3 Å². The van der Waals surface area contributed by atoms with Gasteiger partial charge in [-0.05, 0) is 30.5 Å². The van der Waals surface area contributed by atoms with E-state index in [1.807, 2.05) is 12.1 Å². The molecule has 1 aromatic rings. The van der Waals surface area contributed by atoms with Crippen LogP contribution in [0.5, 0.6) is 0 Å². The second kappa shape index (κ2) is 6.13. The Bertz CT molecular complexity index is 377. The van der Waals surface area contributed by atoms with Crippen LogP contribution < -0.4 is 11.1 Å². The Morgan fingerprint density at radius 2 is 2.18 bits per heavy atom. The number of anilines is 2. The lowest BCUT2D eigenvalue weighted by atomic mass is 10.1. The van der Waals surface area contributed by atoms with E-state index in [2.05, 4.69) is 19.2 Å². The van der Waals surface area contributed by atoms with Crippen molar-refractivity contribution in [1.82, 2.24) is 4.90 Å². The molecule has 94 valence electrons. The monoisotopic (exact) mass is 235 g/mol. The predicted octanol–water partition coefficient (Wildman–Crippen LogP) is 2.78. The van der Waals surface area contributed by atoms with Gasteiger partial charge in [-0.25, -0.2) is 4.79 Å². The van der Waals surface area contributed by atoms with Gasteiger partial charge in [-0.2, -0.15) is 0 Å². The second-order valence-corrected chi connectivity index (χ2v) is 4.66. The highest BCUT2D eigenvalue weighted by Crippen LogP contribution is 2.12. The minimum atomic E-state index is -0.101. The quantitative estimate of drug-likeness (QED) is 0.788. The number of carbonyl (C=O) groups is 1. The molecule has 0 radical (unpaired) electrons. The Labute approximate surface area is 103 Å². The van der Waals surface area contributed by atoms with E-state index in [0.717, 1.165) is 18.7 Å². The standard InChI is InChI=1S/C13H21N3O/c1-10(2)7-8-16(3)13(17)15-12-6-4-5-11(14)9-12/h4-6,9-10H,7-8,14H2,1-3H3,(H,15,17). The minimum absolute atomic E-state index is 0.101. The fourth-order valence-electron chi connectivity index (χ4n) is 1.39. The van der Waals surface area contributed by atoms with Crippen LogP contribution in [-0.2, 0) is 0 Å². The molecule has 0 saturated heterocycles. The maximum atomic E-state index is 11.8. The Morgan fingerprint density at radius 3 is 2.76 bits per heavy atom. The zero-order valence-corrected chi connectivity index (χ0v) is 10.7. The molecule has 0 atom stereocenters. The molecule has 0 unspecified atom stereocenters. The van der Waals surface area contributed by atoms with Gasteiger partial charge >= 0.3 is 6.03 Å². The number of hydrogen-bond donors (Lipinski definition) is 2. The van der Waals surface area contributed by atoms with Gasteiger partial charge in [0.15, 0.2) is 0 Å². The first-order chi connectivity index (χ1) is 7.99. The van der Waals surface area contributed by atoms with Gasteiger partial charge in [-0.15, -0.1) is 0 Å². The van der Waals surface area contributed by atoms with E-state index >= 15 is 0 Å². The van der Waals surface area contributed by atoms with Gasteiger partial charge in [0.2, 0.25) is 0 Å². The fourth-order valence-corrected chi connectivity index (χ4v) is 1.39. The van der Waals surface area contributed by atoms with Crippen LogP contribution in [0.25, 0.3) is 0 Å². The smallest absolute Gasteiger partial charge is 0.321 e. The molecule has 0 fully saturated rings. The van der Waals surface area contributed by atoms with Crippen molar-refractivity contribution in [1.29, 1.82) is 0 Å². The number of hydrogen-bond acceptors (Lipinski definition) is 2. The van der Waals surface area contributed by atoms with Crippen LogP contribution in [0.15, 0.2) is 24.3 Å². The van der Waals surface area contributed by atoms with Gasteiger partial charge in [0.25, 0.3) is 0 Å². The molecule has 0 aliphatic rings. The molecule has 0 saturated carbocycles. The number of nitrogens with one attached hydrogen (secondary N) is 1. The van der Waals surface area contributed by atoms with Crippen LogP contribution >= 0.6 is 0 Å². The molecule has 0 heterocycles. The molecule has 0 spiro atoms. The molecule has 17 heavy (non-hydrogen) atoms. The zero-order chi connectivity index (χ0) is 12.8. The highest BCUT2D eigenvalue weighted by molar-refractivity contribution is 5.89. The van der Waals surface area contributed by atoms with Gasteiger partial charge in [0, 0.05) is 25.0 Å². The van der Waals surface area contributed by atoms with Gasteiger partial charge < -0.3 is 16.0 Å². The van der Waals surface area contributed by atoms with E-state index < -0.39 is 0 Å². The van der Waals surface area contributed by atoms with Crippen molar-refractivity contribution in [3.8, 4) is 0 Å². The molecule has 0 bridgehead atoms. The Hall–Kier alpha value is -1.71. The van der Waals surface area contributed by atoms with Crippen LogP contribution in [0.4, 0.5) is 16.2 Å². The summed E-state index contributed by atoms with van der Waals surface area (Å²) in [6.07, 6.45) is 1.00. The number of nitrogens with zero attached hydrogens (tertiary/aromatic N) is 1. The van der Waals surface area contributed by atoms with Gasteiger partial charge in [-0.3, -0.25) is 0 Å². The van der Waals surface area contributed by atoms with Crippen molar-refractivity contribution in [3.05, 3.63) is 24.3 Å². The molecule has 0 aromatic heterocycles. The average Bonchev–Trinajstić information content (AvgIpc) is 2.25. The van der Waals surface area contributed by atoms with Crippen molar-refractivity contribution < 1.29 is 4.79 Å². The van der Waals surface area contributed by atoms with Crippen molar-refractivity contribution >= 4 is 17.4 Å². The lowest BCUT2D eigenvalue weighted by Gasteiger charge is -2.19. The van der Waals surface area contributed by atoms with Gasteiger partial charge in [-0.1, -0.05) is 19.9 Å². The molecule has 1 aromatic carbocycles. The second-order valence-electron chi connectivity index (χ2n) is 4.66.